The topological polar surface area (TPSA) is 9.72 Å². The molecule has 1 heterocycles. The van der Waals surface area contributed by atoms with Crippen LogP contribution in [-0.2, 0) is 12.0 Å². The summed E-state index contributed by atoms with van der Waals surface area (Å²) in [6, 6.07) is 7.74. The Morgan fingerprint density at radius 3 is 2.12 bits per heavy atom. The average Bonchev–Trinajstić information content (AvgIpc) is 2.80. The molecule has 0 bridgehead atoms. The Balaban J connectivity index is 2.26. The standard InChI is InChI=1S/C22H39N3/c1-8-23(9-2)14-15-25-18(5)22(6,7)20-13-12-19(16-21(20)25)17-24(10-3)11-4/h12-13,16,18H,8-11,14-15,17H2,1-7H3/t18-/m1/s1. The molecular weight excluding hydrogens is 306 g/mol. The van der Waals surface area contributed by atoms with Gasteiger partial charge in [-0.15, -0.1) is 0 Å². The molecule has 0 saturated heterocycles. The number of nitrogens with zero attached hydrogens (tertiary/aromatic N) is 3. The zero-order valence-electron chi connectivity index (χ0n) is 17.6. The predicted octanol–water partition coefficient (Wildman–Crippen LogP) is 4.36. The SMILES string of the molecule is CCN(CC)CCN1c2cc(CN(CC)CC)ccc2C(C)(C)[C@H]1C. The molecule has 3 heteroatoms. The van der Waals surface area contributed by atoms with Crippen molar-refractivity contribution < 1.29 is 0 Å². The van der Waals surface area contributed by atoms with Crippen molar-refractivity contribution >= 4 is 5.69 Å². The van der Waals surface area contributed by atoms with Crippen molar-refractivity contribution in [1.29, 1.82) is 0 Å². The Hall–Kier alpha value is -1.06. The van der Waals surface area contributed by atoms with Crippen LogP contribution in [0, 0.1) is 0 Å². The molecule has 3 nitrogen and oxygen atoms in total. The first-order valence-electron chi connectivity index (χ1n) is 10.2. The predicted molar refractivity (Wildman–Crippen MR) is 111 cm³/mol. The van der Waals surface area contributed by atoms with Gasteiger partial charge in [0.2, 0.25) is 0 Å². The van der Waals surface area contributed by atoms with E-state index < -0.39 is 0 Å². The van der Waals surface area contributed by atoms with Gasteiger partial charge in [-0.25, -0.2) is 0 Å². The summed E-state index contributed by atoms with van der Waals surface area (Å²) in [6.45, 7) is 24.0. The highest BCUT2D eigenvalue weighted by Crippen LogP contribution is 2.45. The van der Waals surface area contributed by atoms with Crippen LogP contribution in [0.5, 0.6) is 0 Å². The number of likely N-dealkylation sites (N-methyl/N-ethyl adjacent to an activating group) is 1. The third-order valence-electron chi connectivity index (χ3n) is 6.43. The van der Waals surface area contributed by atoms with Crippen molar-refractivity contribution in [2.75, 3.05) is 44.2 Å². The van der Waals surface area contributed by atoms with Crippen molar-refractivity contribution in [2.45, 2.75) is 66.5 Å². The van der Waals surface area contributed by atoms with Gasteiger partial charge in [0.25, 0.3) is 0 Å². The van der Waals surface area contributed by atoms with Crippen molar-refractivity contribution in [3.05, 3.63) is 29.3 Å². The van der Waals surface area contributed by atoms with Gasteiger partial charge in [-0.2, -0.15) is 0 Å². The van der Waals surface area contributed by atoms with Gasteiger partial charge in [-0.3, -0.25) is 4.90 Å². The van der Waals surface area contributed by atoms with E-state index in [1.165, 1.54) is 16.8 Å². The molecule has 1 aliphatic rings. The van der Waals surface area contributed by atoms with Crippen molar-refractivity contribution in [3.8, 4) is 0 Å². The summed E-state index contributed by atoms with van der Waals surface area (Å²) in [5.74, 6) is 0. The van der Waals surface area contributed by atoms with E-state index in [9.17, 15) is 0 Å². The van der Waals surface area contributed by atoms with E-state index in [2.05, 4.69) is 81.4 Å². The molecular formula is C22H39N3. The summed E-state index contributed by atoms with van der Waals surface area (Å²) >= 11 is 0. The number of benzene rings is 1. The van der Waals surface area contributed by atoms with Crippen LogP contribution < -0.4 is 4.90 Å². The zero-order chi connectivity index (χ0) is 18.6. The third kappa shape index (κ3) is 4.20. The zero-order valence-corrected chi connectivity index (χ0v) is 17.6. The second kappa shape index (κ2) is 8.55. The molecule has 0 radical (unpaired) electrons. The molecule has 2 rings (SSSR count). The molecule has 1 aromatic rings. The smallest absolute Gasteiger partial charge is 0.0411 e. The Kier molecular flexibility index (Phi) is 6.93. The summed E-state index contributed by atoms with van der Waals surface area (Å²) in [5.41, 5.74) is 4.64. The highest BCUT2D eigenvalue weighted by molar-refractivity contribution is 5.65. The molecule has 0 aromatic heterocycles. The van der Waals surface area contributed by atoms with Gasteiger partial charge >= 0.3 is 0 Å². The normalized spacial score (nSPS) is 19.1. The fourth-order valence-electron chi connectivity index (χ4n) is 4.09. The lowest BCUT2D eigenvalue weighted by Gasteiger charge is -2.33. The van der Waals surface area contributed by atoms with Crippen LogP contribution in [0.15, 0.2) is 18.2 Å². The van der Waals surface area contributed by atoms with E-state index in [1.54, 1.807) is 0 Å². The molecule has 0 spiro atoms. The van der Waals surface area contributed by atoms with Crippen LogP contribution in [0.4, 0.5) is 5.69 Å². The highest BCUT2D eigenvalue weighted by atomic mass is 15.2. The molecule has 142 valence electrons. The van der Waals surface area contributed by atoms with Gasteiger partial charge in [0.1, 0.15) is 0 Å². The van der Waals surface area contributed by atoms with E-state index in [0.29, 0.717) is 6.04 Å². The highest BCUT2D eigenvalue weighted by Gasteiger charge is 2.41. The fraction of sp³-hybridized carbons (Fsp3) is 0.727. The van der Waals surface area contributed by atoms with Crippen molar-refractivity contribution in [1.82, 2.24) is 9.80 Å². The van der Waals surface area contributed by atoms with E-state index in [4.69, 9.17) is 0 Å². The molecule has 0 amide bonds. The number of hydrogen-bond donors (Lipinski definition) is 0. The number of anilines is 1. The van der Waals surface area contributed by atoms with Gasteiger partial charge in [0, 0.05) is 36.8 Å². The third-order valence-corrected chi connectivity index (χ3v) is 6.43. The fourth-order valence-corrected chi connectivity index (χ4v) is 4.09. The van der Waals surface area contributed by atoms with Crippen LogP contribution >= 0.6 is 0 Å². The number of hydrogen-bond acceptors (Lipinski definition) is 3. The van der Waals surface area contributed by atoms with E-state index in [0.717, 1.165) is 45.8 Å². The largest absolute Gasteiger partial charge is 0.366 e. The first-order chi connectivity index (χ1) is 11.9. The van der Waals surface area contributed by atoms with Gasteiger partial charge < -0.3 is 9.80 Å². The summed E-state index contributed by atoms with van der Waals surface area (Å²) in [4.78, 5) is 7.67. The van der Waals surface area contributed by atoms with E-state index in [1.807, 2.05) is 0 Å². The van der Waals surface area contributed by atoms with Crippen LogP contribution in [0.1, 0.15) is 59.6 Å². The minimum Gasteiger partial charge on any atom is -0.366 e. The molecule has 1 aromatic carbocycles. The molecule has 0 fully saturated rings. The van der Waals surface area contributed by atoms with Crippen LogP contribution in [0.2, 0.25) is 0 Å². The Labute approximate surface area is 156 Å². The maximum absolute atomic E-state index is 2.65. The van der Waals surface area contributed by atoms with Gasteiger partial charge in [-0.05, 0) is 50.3 Å². The van der Waals surface area contributed by atoms with Crippen molar-refractivity contribution in [3.63, 3.8) is 0 Å². The lowest BCUT2D eigenvalue weighted by Crippen LogP contribution is -2.43. The lowest BCUT2D eigenvalue weighted by atomic mass is 9.81. The Bertz CT molecular complexity index is 544. The second-order valence-corrected chi connectivity index (χ2v) is 7.93. The van der Waals surface area contributed by atoms with Crippen LogP contribution in [0.25, 0.3) is 0 Å². The maximum Gasteiger partial charge on any atom is 0.0411 e. The summed E-state index contributed by atoms with van der Waals surface area (Å²) in [5, 5.41) is 0. The van der Waals surface area contributed by atoms with E-state index >= 15 is 0 Å². The Morgan fingerprint density at radius 2 is 1.56 bits per heavy atom. The lowest BCUT2D eigenvalue weighted by molar-refractivity contribution is 0.296. The van der Waals surface area contributed by atoms with Gasteiger partial charge in [-0.1, -0.05) is 53.7 Å². The quantitative estimate of drug-likeness (QED) is 0.658. The number of rotatable bonds is 9. The van der Waals surface area contributed by atoms with Crippen molar-refractivity contribution in [2.24, 2.45) is 0 Å². The maximum atomic E-state index is 2.65. The van der Waals surface area contributed by atoms with Gasteiger partial charge in [0.15, 0.2) is 0 Å². The summed E-state index contributed by atoms with van der Waals surface area (Å²) in [7, 11) is 0. The molecule has 0 saturated carbocycles. The number of fused-ring (bicyclic) bond motifs is 1. The summed E-state index contributed by atoms with van der Waals surface area (Å²) < 4.78 is 0. The molecule has 0 unspecified atom stereocenters. The van der Waals surface area contributed by atoms with Crippen LogP contribution in [-0.4, -0.2) is 55.1 Å². The minimum atomic E-state index is 0.215. The molecule has 0 N–H and O–H groups in total. The average molecular weight is 346 g/mol. The monoisotopic (exact) mass is 345 g/mol. The molecule has 1 aliphatic heterocycles. The minimum absolute atomic E-state index is 0.215. The van der Waals surface area contributed by atoms with Gasteiger partial charge in [0.05, 0.1) is 0 Å². The van der Waals surface area contributed by atoms with Crippen LogP contribution in [0.3, 0.4) is 0 Å². The first-order valence-corrected chi connectivity index (χ1v) is 10.2. The second-order valence-electron chi connectivity index (χ2n) is 7.93. The molecule has 25 heavy (non-hydrogen) atoms. The first kappa shape index (κ1) is 20.3. The van der Waals surface area contributed by atoms with E-state index in [-0.39, 0.29) is 5.41 Å². The molecule has 0 aliphatic carbocycles. The Morgan fingerprint density at radius 1 is 0.960 bits per heavy atom. The molecule has 1 atom stereocenters. The summed E-state index contributed by atoms with van der Waals surface area (Å²) in [6.07, 6.45) is 0.